The van der Waals surface area contributed by atoms with Crippen molar-refractivity contribution < 1.29 is 9.53 Å². The maximum atomic E-state index is 11.8. The molecule has 1 saturated heterocycles. The highest BCUT2D eigenvalue weighted by Gasteiger charge is 2.20. The average molecular weight is 220 g/mol. The number of rotatable bonds is 4. The highest BCUT2D eigenvalue weighted by Crippen LogP contribution is 2.16. The van der Waals surface area contributed by atoms with Crippen LogP contribution in [0.5, 0.6) is 0 Å². The molecule has 1 atom stereocenters. The van der Waals surface area contributed by atoms with Gasteiger partial charge in [0, 0.05) is 6.61 Å². The third-order valence-corrected chi connectivity index (χ3v) is 2.57. The van der Waals surface area contributed by atoms with Gasteiger partial charge in [-0.3, -0.25) is 4.79 Å². The zero-order chi connectivity index (χ0) is 11.8. The second kappa shape index (κ2) is 6.87. The number of hydrogen-bond donors (Lipinski definition) is 0. The first-order valence-corrected chi connectivity index (χ1v) is 5.47. The molecule has 0 saturated carbocycles. The van der Waals surface area contributed by atoms with Gasteiger partial charge < -0.3 is 9.64 Å². The Kier molecular flexibility index (Phi) is 5.39. The molecule has 0 unspecified atom stereocenters. The maximum absolute atomic E-state index is 11.8. The summed E-state index contributed by atoms with van der Waals surface area (Å²) in [6.45, 7) is 0.972. The Hall–Kier alpha value is -1.52. The molecule has 4 nitrogen and oxygen atoms in total. The molecule has 1 amide bonds. The molecule has 0 spiro atoms. The van der Waals surface area contributed by atoms with E-state index in [1.165, 1.54) is 4.90 Å². The predicted molar refractivity (Wildman–Crippen MR) is 59.2 cm³/mol. The van der Waals surface area contributed by atoms with Crippen molar-refractivity contribution in [1.29, 1.82) is 5.26 Å². The van der Waals surface area contributed by atoms with Gasteiger partial charge in [-0.1, -0.05) is 5.92 Å². The Morgan fingerprint density at radius 2 is 2.31 bits per heavy atom. The number of amides is 1. The first-order valence-electron chi connectivity index (χ1n) is 5.47. The van der Waals surface area contributed by atoms with Crippen molar-refractivity contribution in [3.8, 4) is 18.4 Å². The number of carbonyl (C=O) groups excluding carboxylic acids is 1. The SMILES string of the molecule is C#CCN(CC#N)C(=O)C[C@@H]1CCCCO1. The van der Waals surface area contributed by atoms with Crippen molar-refractivity contribution in [2.24, 2.45) is 0 Å². The van der Waals surface area contributed by atoms with Crippen LogP contribution < -0.4 is 0 Å². The van der Waals surface area contributed by atoms with Crippen LogP contribution in [0.25, 0.3) is 0 Å². The third kappa shape index (κ3) is 3.92. The van der Waals surface area contributed by atoms with Gasteiger partial charge in [-0.25, -0.2) is 0 Å². The third-order valence-electron chi connectivity index (χ3n) is 2.57. The van der Waals surface area contributed by atoms with Gasteiger partial charge in [-0.05, 0) is 19.3 Å². The lowest BCUT2D eigenvalue weighted by atomic mass is 10.1. The van der Waals surface area contributed by atoms with Crippen LogP contribution in [0, 0.1) is 23.7 Å². The number of nitrogens with zero attached hydrogens (tertiary/aromatic N) is 2. The molecule has 0 aromatic carbocycles. The minimum Gasteiger partial charge on any atom is -0.378 e. The van der Waals surface area contributed by atoms with Gasteiger partial charge in [0.1, 0.15) is 6.54 Å². The van der Waals surface area contributed by atoms with Crippen LogP contribution >= 0.6 is 0 Å². The van der Waals surface area contributed by atoms with E-state index in [1.54, 1.807) is 0 Å². The van der Waals surface area contributed by atoms with E-state index in [0.29, 0.717) is 6.42 Å². The summed E-state index contributed by atoms with van der Waals surface area (Å²) >= 11 is 0. The molecule has 0 aromatic rings. The van der Waals surface area contributed by atoms with Gasteiger partial charge in [0.15, 0.2) is 0 Å². The minimum atomic E-state index is -0.0913. The van der Waals surface area contributed by atoms with Gasteiger partial charge in [-0.2, -0.15) is 5.26 Å². The van der Waals surface area contributed by atoms with Crippen LogP contribution in [0.2, 0.25) is 0 Å². The summed E-state index contributed by atoms with van der Waals surface area (Å²) in [7, 11) is 0. The quantitative estimate of drug-likeness (QED) is 0.523. The Morgan fingerprint density at radius 3 is 2.88 bits per heavy atom. The number of carbonyl (C=O) groups is 1. The predicted octanol–water partition coefficient (Wildman–Crippen LogP) is 0.931. The topological polar surface area (TPSA) is 53.3 Å². The zero-order valence-corrected chi connectivity index (χ0v) is 9.32. The highest BCUT2D eigenvalue weighted by atomic mass is 16.5. The summed E-state index contributed by atoms with van der Waals surface area (Å²) < 4.78 is 5.47. The zero-order valence-electron chi connectivity index (χ0n) is 9.32. The smallest absolute Gasteiger partial charge is 0.226 e. The van der Waals surface area contributed by atoms with Gasteiger partial charge in [-0.15, -0.1) is 6.42 Å². The van der Waals surface area contributed by atoms with Crippen LogP contribution in [0.1, 0.15) is 25.7 Å². The molecule has 0 aromatic heterocycles. The molecular formula is C12H16N2O2. The fraction of sp³-hybridized carbons (Fsp3) is 0.667. The Morgan fingerprint density at radius 1 is 1.50 bits per heavy atom. The number of hydrogen-bond acceptors (Lipinski definition) is 3. The lowest BCUT2D eigenvalue weighted by molar-refractivity contribution is -0.133. The Balaban J connectivity index is 2.41. The maximum Gasteiger partial charge on any atom is 0.226 e. The molecular weight excluding hydrogens is 204 g/mol. The minimum absolute atomic E-state index is 0.000201. The van der Waals surface area contributed by atoms with E-state index in [1.807, 2.05) is 6.07 Å². The molecule has 86 valence electrons. The van der Waals surface area contributed by atoms with E-state index >= 15 is 0 Å². The van der Waals surface area contributed by atoms with Gasteiger partial charge in [0.2, 0.25) is 5.91 Å². The lowest BCUT2D eigenvalue weighted by Gasteiger charge is -2.24. The molecule has 4 heteroatoms. The van der Waals surface area contributed by atoms with Crippen LogP contribution in [0.15, 0.2) is 0 Å². The molecule has 1 aliphatic rings. The second-order valence-electron chi connectivity index (χ2n) is 3.80. The molecule has 0 N–H and O–H groups in total. The number of ether oxygens (including phenoxy) is 1. The van der Waals surface area contributed by atoms with E-state index in [9.17, 15) is 4.79 Å². The fourth-order valence-electron chi connectivity index (χ4n) is 1.72. The standard InChI is InChI=1S/C12H16N2O2/c1-2-7-14(8-6-13)12(15)10-11-5-3-4-9-16-11/h1,11H,3-5,7-10H2/t11-/m0/s1. The van der Waals surface area contributed by atoms with Crippen LogP contribution in [-0.4, -0.2) is 36.6 Å². The summed E-state index contributed by atoms with van der Waals surface area (Å²) in [5.74, 6) is 2.29. The highest BCUT2D eigenvalue weighted by molar-refractivity contribution is 5.77. The van der Waals surface area contributed by atoms with E-state index < -0.39 is 0 Å². The number of nitriles is 1. The summed E-state index contributed by atoms with van der Waals surface area (Å²) in [4.78, 5) is 13.2. The van der Waals surface area contributed by atoms with Crippen molar-refractivity contribution in [3.05, 3.63) is 0 Å². The second-order valence-corrected chi connectivity index (χ2v) is 3.80. The first kappa shape index (κ1) is 12.5. The van der Waals surface area contributed by atoms with Crippen LogP contribution in [0.3, 0.4) is 0 Å². The largest absolute Gasteiger partial charge is 0.378 e. The summed E-state index contributed by atoms with van der Waals surface area (Å²) in [6.07, 6.45) is 8.57. The van der Waals surface area contributed by atoms with Gasteiger partial charge in [0.05, 0.1) is 25.1 Å². The summed E-state index contributed by atoms with van der Waals surface area (Å²) in [5, 5.41) is 8.57. The monoisotopic (exact) mass is 220 g/mol. The molecule has 1 rings (SSSR count). The molecule has 0 bridgehead atoms. The molecule has 1 fully saturated rings. The summed E-state index contributed by atoms with van der Waals surface area (Å²) in [6, 6.07) is 1.94. The number of terminal acetylenes is 1. The van der Waals surface area contributed by atoms with E-state index in [4.69, 9.17) is 16.4 Å². The fourth-order valence-corrected chi connectivity index (χ4v) is 1.72. The molecule has 1 heterocycles. The van der Waals surface area contributed by atoms with Crippen molar-refractivity contribution >= 4 is 5.91 Å². The molecule has 1 aliphatic heterocycles. The molecule has 16 heavy (non-hydrogen) atoms. The van der Waals surface area contributed by atoms with E-state index in [2.05, 4.69) is 5.92 Å². The lowest BCUT2D eigenvalue weighted by Crippen LogP contribution is -2.35. The molecule has 0 aliphatic carbocycles. The Bertz CT molecular complexity index is 292. The van der Waals surface area contributed by atoms with Crippen molar-refractivity contribution in [3.63, 3.8) is 0 Å². The first-order chi connectivity index (χ1) is 7.77. The van der Waals surface area contributed by atoms with Gasteiger partial charge in [0.25, 0.3) is 0 Å². The van der Waals surface area contributed by atoms with Crippen molar-refractivity contribution in [1.82, 2.24) is 4.90 Å². The van der Waals surface area contributed by atoms with E-state index in [-0.39, 0.29) is 25.1 Å². The van der Waals surface area contributed by atoms with Crippen molar-refractivity contribution in [2.45, 2.75) is 31.8 Å². The van der Waals surface area contributed by atoms with Gasteiger partial charge >= 0.3 is 0 Å². The van der Waals surface area contributed by atoms with E-state index in [0.717, 1.165) is 25.9 Å². The normalized spacial score (nSPS) is 19.5. The van der Waals surface area contributed by atoms with Crippen LogP contribution in [-0.2, 0) is 9.53 Å². The average Bonchev–Trinajstić information content (AvgIpc) is 2.30. The summed E-state index contributed by atoms with van der Waals surface area (Å²) in [5.41, 5.74) is 0. The Labute approximate surface area is 96.2 Å². The van der Waals surface area contributed by atoms with Crippen LogP contribution in [0.4, 0.5) is 0 Å². The van der Waals surface area contributed by atoms with Crippen molar-refractivity contribution in [2.75, 3.05) is 19.7 Å². The molecule has 0 radical (unpaired) electrons.